The zero-order chi connectivity index (χ0) is 12.8. The summed E-state index contributed by atoms with van der Waals surface area (Å²) >= 11 is 0. The Morgan fingerprint density at radius 1 is 1.35 bits per heavy atom. The van der Waals surface area contributed by atoms with E-state index in [1.165, 1.54) is 6.42 Å². The average Bonchev–Trinajstić information content (AvgIpc) is 2.29. The number of carbonyl (C=O) groups is 1. The summed E-state index contributed by atoms with van der Waals surface area (Å²) in [4.78, 5) is 15.9. The second kappa shape index (κ2) is 6.74. The molecule has 4 heteroatoms. The fraction of sp³-hybridized carbons (Fsp3) is 0.846. The van der Waals surface area contributed by atoms with Gasteiger partial charge in [-0.3, -0.25) is 4.79 Å². The van der Waals surface area contributed by atoms with Crippen molar-refractivity contribution in [3.63, 3.8) is 0 Å². The van der Waals surface area contributed by atoms with E-state index in [0.29, 0.717) is 18.2 Å². The topological polar surface area (TPSA) is 81.5 Å². The Labute approximate surface area is 105 Å². The van der Waals surface area contributed by atoms with E-state index < -0.39 is 0 Å². The molecule has 0 radical (unpaired) electrons. The Kier molecular flexibility index (Phi) is 5.62. The van der Waals surface area contributed by atoms with Gasteiger partial charge in [0, 0.05) is 19.8 Å². The zero-order valence-corrected chi connectivity index (χ0v) is 11.0. The molecule has 4 nitrogen and oxygen atoms in total. The van der Waals surface area contributed by atoms with E-state index in [2.05, 4.69) is 11.9 Å². The molecule has 0 aromatic carbocycles. The van der Waals surface area contributed by atoms with Crippen LogP contribution in [0.3, 0.4) is 0 Å². The predicted octanol–water partition coefficient (Wildman–Crippen LogP) is 2.07. The van der Waals surface area contributed by atoms with E-state index in [1.807, 2.05) is 6.92 Å². The van der Waals surface area contributed by atoms with Gasteiger partial charge in [0.05, 0.1) is 0 Å². The molecule has 0 aromatic rings. The third-order valence-corrected chi connectivity index (χ3v) is 3.59. The second-order valence-corrected chi connectivity index (χ2v) is 5.25. The monoisotopic (exact) mass is 241 g/mol. The first-order chi connectivity index (χ1) is 8.02. The number of aliphatic imine (C=N–C) groups is 1. The Morgan fingerprint density at radius 2 is 2.00 bits per heavy atom. The Bertz CT molecular complexity index is 294. The first-order valence-electron chi connectivity index (χ1n) is 6.65. The molecular weight excluding hydrogens is 214 g/mol. The number of nitrogens with two attached hydrogens (primary N) is 2. The summed E-state index contributed by atoms with van der Waals surface area (Å²) in [6.45, 7) is 4.13. The van der Waals surface area contributed by atoms with Gasteiger partial charge < -0.3 is 11.5 Å². The lowest BCUT2D eigenvalue weighted by Crippen LogP contribution is -2.30. The molecule has 4 N–H and O–H groups in total. The Balaban J connectivity index is 0.00000289. The van der Waals surface area contributed by atoms with Crippen LogP contribution in [0.4, 0.5) is 0 Å². The van der Waals surface area contributed by atoms with Crippen LogP contribution < -0.4 is 11.5 Å². The average molecular weight is 241 g/mol. The predicted molar refractivity (Wildman–Crippen MR) is 72.7 cm³/mol. The molecule has 3 unspecified atom stereocenters. The van der Waals surface area contributed by atoms with Crippen molar-refractivity contribution >= 4 is 11.7 Å². The smallest absolute Gasteiger partial charge is 0.250 e. The number of hydrogen-bond acceptors (Lipinski definition) is 2. The molecule has 0 bridgehead atoms. The number of nitrogens with zero attached hydrogens (tertiary/aromatic N) is 1. The van der Waals surface area contributed by atoms with Gasteiger partial charge >= 0.3 is 0 Å². The first-order valence-corrected chi connectivity index (χ1v) is 6.65. The van der Waals surface area contributed by atoms with Gasteiger partial charge in [0.1, 0.15) is 5.84 Å². The van der Waals surface area contributed by atoms with Crippen LogP contribution in [0.25, 0.3) is 0 Å². The molecule has 1 aliphatic rings. The number of rotatable bonds is 2. The maximum absolute atomic E-state index is 12.0. The lowest BCUT2D eigenvalue weighted by atomic mass is 9.84. The highest BCUT2D eigenvalue weighted by molar-refractivity contribution is 5.94. The SMILES string of the molecule is CCC(N)=NC(=O)C1CCC(C)CCC(N)C1.[HH]. The van der Waals surface area contributed by atoms with E-state index in [-0.39, 0.29) is 19.3 Å². The van der Waals surface area contributed by atoms with Crippen LogP contribution in [0.5, 0.6) is 0 Å². The van der Waals surface area contributed by atoms with E-state index in [9.17, 15) is 4.79 Å². The summed E-state index contributed by atoms with van der Waals surface area (Å²) < 4.78 is 0. The van der Waals surface area contributed by atoms with Gasteiger partial charge in [-0.1, -0.05) is 13.8 Å². The summed E-state index contributed by atoms with van der Waals surface area (Å²) in [6.07, 6.45) is 5.55. The molecule has 1 fully saturated rings. The molecule has 0 heterocycles. The van der Waals surface area contributed by atoms with Crippen LogP contribution in [0.1, 0.15) is 53.8 Å². The van der Waals surface area contributed by atoms with Crippen molar-refractivity contribution in [1.82, 2.24) is 0 Å². The van der Waals surface area contributed by atoms with Crippen LogP contribution in [0.15, 0.2) is 4.99 Å². The third kappa shape index (κ3) is 4.86. The standard InChI is InChI=1S/C13H25N3O.H2/c1-3-12(15)16-13(17)10-6-4-9(2)5-7-11(14)8-10;/h9-11H,3-8,14H2,1-2H3,(H2,15,16,17);1H. The van der Waals surface area contributed by atoms with E-state index >= 15 is 0 Å². The minimum absolute atomic E-state index is 0. The molecule has 3 atom stereocenters. The number of amidine groups is 1. The van der Waals surface area contributed by atoms with Crippen molar-refractivity contribution < 1.29 is 6.22 Å². The van der Waals surface area contributed by atoms with Crippen molar-refractivity contribution in [3.05, 3.63) is 0 Å². The fourth-order valence-electron chi connectivity index (χ4n) is 2.27. The van der Waals surface area contributed by atoms with Crippen molar-refractivity contribution in [2.45, 2.75) is 58.4 Å². The van der Waals surface area contributed by atoms with Crippen molar-refractivity contribution in [2.75, 3.05) is 0 Å². The fourth-order valence-corrected chi connectivity index (χ4v) is 2.27. The highest BCUT2D eigenvalue weighted by Gasteiger charge is 2.24. The van der Waals surface area contributed by atoms with Crippen LogP contribution in [0.2, 0.25) is 0 Å². The molecular formula is C13H27N3O. The molecule has 0 aliphatic heterocycles. The van der Waals surface area contributed by atoms with Gasteiger partial charge in [0.15, 0.2) is 0 Å². The largest absolute Gasteiger partial charge is 0.387 e. The molecule has 17 heavy (non-hydrogen) atoms. The maximum Gasteiger partial charge on any atom is 0.250 e. The summed E-state index contributed by atoms with van der Waals surface area (Å²) in [5.41, 5.74) is 11.6. The molecule has 1 saturated carbocycles. The number of hydrogen-bond donors (Lipinski definition) is 2. The third-order valence-electron chi connectivity index (χ3n) is 3.59. The molecule has 1 amide bonds. The normalized spacial score (nSPS) is 31.7. The van der Waals surface area contributed by atoms with E-state index in [1.54, 1.807) is 0 Å². The summed E-state index contributed by atoms with van der Waals surface area (Å²) in [5, 5.41) is 0. The summed E-state index contributed by atoms with van der Waals surface area (Å²) in [7, 11) is 0. The second-order valence-electron chi connectivity index (χ2n) is 5.25. The zero-order valence-electron chi connectivity index (χ0n) is 11.0. The van der Waals surface area contributed by atoms with E-state index in [0.717, 1.165) is 25.7 Å². The highest BCUT2D eigenvalue weighted by Crippen LogP contribution is 2.26. The van der Waals surface area contributed by atoms with Gasteiger partial charge in [-0.2, -0.15) is 0 Å². The molecule has 100 valence electrons. The van der Waals surface area contributed by atoms with Gasteiger partial charge in [-0.25, -0.2) is 4.99 Å². The Morgan fingerprint density at radius 3 is 2.65 bits per heavy atom. The van der Waals surface area contributed by atoms with Crippen molar-refractivity contribution in [2.24, 2.45) is 28.3 Å². The number of amides is 1. The van der Waals surface area contributed by atoms with Crippen LogP contribution in [-0.4, -0.2) is 17.8 Å². The van der Waals surface area contributed by atoms with Crippen molar-refractivity contribution in [1.29, 1.82) is 0 Å². The number of carbonyl (C=O) groups excluding carboxylic acids is 1. The first kappa shape index (κ1) is 14.2. The van der Waals surface area contributed by atoms with Crippen LogP contribution in [0, 0.1) is 11.8 Å². The maximum atomic E-state index is 12.0. The highest BCUT2D eigenvalue weighted by atomic mass is 16.1. The molecule has 0 aromatic heterocycles. The van der Waals surface area contributed by atoms with Crippen molar-refractivity contribution in [3.8, 4) is 0 Å². The van der Waals surface area contributed by atoms with Gasteiger partial charge in [-0.05, 0) is 38.0 Å². The van der Waals surface area contributed by atoms with Crippen LogP contribution in [-0.2, 0) is 4.79 Å². The summed E-state index contributed by atoms with van der Waals surface area (Å²) in [5.74, 6) is 0.981. The molecule has 0 saturated heterocycles. The lowest BCUT2D eigenvalue weighted by molar-refractivity contribution is -0.122. The van der Waals surface area contributed by atoms with Gasteiger partial charge in [-0.15, -0.1) is 0 Å². The van der Waals surface area contributed by atoms with E-state index in [4.69, 9.17) is 11.5 Å². The molecule has 0 spiro atoms. The Hall–Kier alpha value is -0.900. The molecule has 1 rings (SSSR count). The summed E-state index contributed by atoms with van der Waals surface area (Å²) in [6, 6.07) is 0.129. The minimum Gasteiger partial charge on any atom is -0.387 e. The minimum atomic E-state index is -0.0751. The van der Waals surface area contributed by atoms with Gasteiger partial charge in [0.2, 0.25) is 5.91 Å². The van der Waals surface area contributed by atoms with Crippen LogP contribution >= 0.6 is 0 Å². The quantitative estimate of drug-likeness (QED) is 0.573. The van der Waals surface area contributed by atoms with Gasteiger partial charge in [0.25, 0.3) is 0 Å². The lowest BCUT2D eigenvalue weighted by Gasteiger charge is -2.24. The molecule has 1 aliphatic carbocycles.